The number of benzene rings is 2. The number of aromatic nitrogens is 1. The van der Waals surface area contributed by atoms with Gasteiger partial charge in [-0.05, 0) is 30.3 Å². The van der Waals surface area contributed by atoms with Crippen molar-refractivity contribution in [1.29, 1.82) is 0 Å². The van der Waals surface area contributed by atoms with Crippen molar-refractivity contribution in [1.82, 2.24) is 4.57 Å². The van der Waals surface area contributed by atoms with Crippen LogP contribution in [0.1, 0.15) is 16.8 Å². The van der Waals surface area contributed by atoms with Gasteiger partial charge in [-0.2, -0.15) is 0 Å². The molecule has 0 fully saturated rings. The van der Waals surface area contributed by atoms with Gasteiger partial charge in [-0.25, -0.2) is 13.2 Å². The summed E-state index contributed by atoms with van der Waals surface area (Å²) in [5, 5.41) is 0. The number of sulfonamides is 1. The van der Waals surface area contributed by atoms with E-state index in [4.69, 9.17) is 9.15 Å². The van der Waals surface area contributed by atoms with Gasteiger partial charge in [0.1, 0.15) is 5.75 Å². The fourth-order valence-corrected chi connectivity index (χ4v) is 4.69. The van der Waals surface area contributed by atoms with Crippen LogP contribution in [0.4, 0.5) is 5.69 Å². The highest BCUT2D eigenvalue weighted by Crippen LogP contribution is 2.34. The zero-order chi connectivity index (χ0) is 19.3. The smallest absolute Gasteiger partial charge is 0.419 e. The normalized spacial score (nSPS) is 14.4. The summed E-state index contributed by atoms with van der Waals surface area (Å²) in [6.07, 6.45) is 0.0715. The van der Waals surface area contributed by atoms with Crippen LogP contribution in [-0.2, 0) is 17.1 Å². The van der Waals surface area contributed by atoms with E-state index in [9.17, 15) is 18.0 Å². The molecule has 0 spiro atoms. The lowest BCUT2D eigenvalue weighted by molar-refractivity contribution is 0.0981. The summed E-state index contributed by atoms with van der Waals surface area (Å²) >= 11 is 0. The summed E-state index contributed by atoms with van der Waals surface area (Å²) in [5.41, 5.74) is 1.29. The average Bonchev–Trinajstić information content (AvgIpc) is 2.95. The van der Waals surface area contributed by atoms with Crippen LogP contribution in [0.2, 0.25) is 0 Å². The fourth-order valence-electron chi connectivity index (χ4n) is 3.19. The first-order valence-corrected chi connectivity index (χ1v) is 9.60. The van der Waals surface area contributed by atoms with Crippen molar-refractivity contribution in [2.75, 3.05) is 18.0 Å². The van der Waals surface area contributed by atoms with Crippen LogP contribution in [-0.4, -0.2) is 32.4 Å². The molecule has 27 heavy (non-hydrogen) atoms. The predicted molar refractivity (Wildman–Crippen MR) is 97.9 cm³/mol. The fraction of sp³-hybridized carbons (Fsp3) is 0.222. The molecule has 0 bridgehead atoms. The van der Waals surface area contributed by atoms with Gasteiger partial charge in [0, 0.05) is 31.6 Å². The highest BCUT2D eigenvalue weighted by atomic mass is 32.2. The Kier molecular flexibility index (Phi) is 3.84. The summed E-state index contributed by atoms with van der Waals surface area (Å²) in [6.45, 7) is 0.0390. The number of aryl methyl sites for hydroxylation is 1. The van der Waals surface area contributed by atoms with Gasteiger partial charge in [-0.3, -0.25) is 13.7 Å². The van der Waals surface area contributed by atoms with E-state index < -0.39 is 15.8 Å². The van der Waals surface area contributed by atoms with Gasteiger partial charge in [0.2, 0.25) is 0 Å². The van der Waals surface area contributed by atoms with E-state index in [0.717, 1.165) is 0 Å². The second-order valence-corrected chi connectivity index (χ2v) is 8.05. The van der Waals surface area contributed by atoms with Crippen molar-refractivity contribution in [2.24, 2.45) is 7.05 Å². The van der Waals surface area contributed by atoms with Gasteiger partial charge in [-0.1, -0.05) is 0 Å². The lowest BCUT2D eigenvalue weighted by atomic mass is 10.0. The van der Waals surface area contributed by atoms with Gasteiger partial charge < -0.3 is 9.15 Å². The number of hydrogen-bond donors (Lipinski definition) is 0. The zero-order valence-corrected chi connectivity index (χ0v) is 15.4. The van der Waals surface area contributed by atoms with Gasteiger partial charge in [0.15, 0.2) is 11.4 Å². The zero-order valence-electron chi connectivity index (χ0n) is 14.6. The van der Waals surface area contributed by atoms with E-state index in [1.54, 1.807) is 25.2 Å². The second-order valence-electron chi connectivity index (χ2n) is 6.19. The molecule has 0 N–H and O–H groups in total. The van der Waals surface area contributed by atoms with Crippen molar-refractivity contribution >= 4 is 32.6 Å². The molecule has 0 aliphatic carbocycles. The van der Waals surface area contributed by atoms with Crippen LogP contribution >= 0.6 is 0 Å². The van der Waals surface area contributed by atoms with E-state index in [-0.39, 0.29) is 29.2 Å². The van der Waals surface area contributed by atoms with E-state index in [2.05, 4.69) is 0 Å². The maximum absolute atomic E-state index is 13.2. The Balaban J connectivity index is 1.84. The minimum Gasteiger partial charge on any atom is -0.497 e. The summed E-state index contributed by atoms with van der Waals surface area (Å²) in [7, 11) is -0.922. The van der Waals surface area contributed by atoms with Crippen LogP contribution in [0.15, 0.2) is 50.5 Å². The number of rotatable bonds is 3. The van der Waals surface area contributed by atoms with Crippen LogP contribution in [0.25, 0.3) is 11.1 Å². The standard InChI is InChI=1S/C18H16N2O6S/c1-19-15-6-4-12(10-17(15)26-18(19)22)27(23,24)20-8-7-16(21)13-9-11(25-2)3-5-14(13)20/h3-6,9-10H,7-8H2,1-2H3. The van der Waals surface area contributed by atoms with Crippen molar-refractivity contribution in [3.63, 3.8) is 0 Å². The van der Waals surface area contributed by atoms with Gasteiger partial charge >= 0.3 is 5.76 Å². The molecule has 8 nitrogen and oxygen atoms in total. The number of methoxy groups -OCH3 is 1. The molecule has 4 rings (SSSR count). The molecule has 1 aliphatic heterocycles. The SMILES string of the molecule is COc1ccc2c(c1)C(=O)CCN2S(=O)(=O)c1ccc2c(c1)oc(=O)n2C. The number of fused-ring (bicyclic) bond motifs is 2. The first kappa shape index (κ1) is 17.3. The van der Waals surface area contributed by atoms with Gasteiger partial charge in [0.25, 0.3) is 10.0 Å². The highest BCUT2D eigenvalue weighted by molar-refractivity contribution is 7.92. The number of anilines is 1. The Morgan fingerprint density at radius 2 is 1.89 bits per heavy atom. The third kappa shape index (κ3) is 2.62. The Bertz CT molecular complexity index is 1240. The predicted octanol–water partition coefficient (Wildman–Crippen LogP) is 1.92. The third-order valence-corrected chi connectivity index (χ3v) is 6.48. The van der Waals surface area contributed by atoms with Crippen LogP contribution in [0, 0.1) is 0 Å². The van der Waals surface area contributed by atoms with E-state index in [0.29, 0.717) is 22.5 Å². The number of ether oxygens (including phenoxy) is 1. The van der Waals surface area contributed by atoms with Crippen molar-refractivity contribution < 1.29 is 22.4 Å². The molecule has 1 aromatic heterocycles. The molecule has 2 aromatic carbocycles. The Morgan fingerprint density at radius 3 is 2.63 bits per heavy atom. The van der Waals surface area contributed by atoms with E-state index in [1.165, 1.54) is 34.2 Å². The molecule has 0 saturated heterocycles. The summed E-state index contributed by atoms with van der Waals surface area (Å²) in [6, 6.07) is 8.98. The molecule has 0 atom stereocenters. The molecule has 3 aromatic rings. The number of oxazole rings is 1. The summed E-state index contributed by atoms with van der Waals surface area (Å²) in [5.74, 6) is -0.228. The quantitative estimate of drug-likeness (QED) is 0.680. The number of carbonyl (C=O) groups is 1. The van der Waals surface area contributed by atoms with Crippen LogP contribution < -0.4 is 14.8 Å². The van der Waals surface area contributed by atoms with Gasteiger partial charge in [-0.15, -0.1) is 0 Å². The molecular weight excluding hydrogens is 372 g/mol. The first-order valence-electron chi connectivity index (χ1n) is 8.16. The third-order valence-electron chi connectivity index (χ3n) is 4.67. The Hall–Kier alpha value is -3.07. The minimum atomic E-state index is -3.94. The van der Waals surface area contributed by atoms with Crippen LogP contribution in [0.5, 0.6) is 5.75 Å². The Labute approximate surface area is 154 Å². The second kappa shape index (κ2) is 5.98. The molecule has 1 aliphatic rings. The topological polar surface area (TPSA) is 98.8 Å². The monoisotopic (exact) mass is 388 g/mol. The molecule has 0 amide bonds. The molecule has 0 unspecified atom stereocenters. The molecule has 140 valence electrons. The largest absolute Gasteiger partial charge is 0.497 e. The van der Waals surface area contributed by atoms with Gasteiger partial charge in [0.05, 0.1) is 23.2 Å². The maximum Gasteiger partial charge on any atom is 0.419 e. The molecule has 0 saturated carbocycles. The number of Topliss-reactive ketones (excluding diaryl/α,β-unsaturated/α-hetero) is 1. The minimum absolute atomic E-state index is 0.0135. The molecule has 9 heteroatoms. The van der Waals surface area contributed by atoms with Crippen molar-refractivity contribution in [3.05, 3.63) is 52.5 Å². The van der Waals surface area contributed by atoms with E-state index >= 15 is 0 Å². The number of ketones is 1. The number of hydrogen-bond acceptors (Lipinski definition) is 6. The van der Waals surface area contributed by atoms with Crippen molar-refractivity contribution in [2.45, 2.75) is 11.3 Å². The molecule has 0 radical (unpaired) electrons. The number of nitrogens with zero attached hydrogens (tertiary/aromatic N) is 2. The van der Waals surface area contributed by atoms with E-state index in [1.807, 2.05) is 0 Å². The van der Waals surface area contributed by atoms with Crippen LogP contribution in [0.3, 0.4) is 0 Å². The molecular formula is C18H16N2O6S. The lowest BCUT2D eigenvalue weighted by Crippen LogP contribution is -2.37. The maximum atomic E-state index is 13.2. The Morgan fingerprint density at radius 1 is 1.11 bits per heavy atom. The summed E-state index contributed by atoms with van der Waals surface area (Å²) < 4.78 is 39.1. The highest BCUT2D eigenvalue weighted by Gasteiger charge is 2.33. The summed E-state index contributed by atoms with van der Waals surface area (Å²) in [4.78, 5) is 23.9. The number of carbonyl (C=O) groups excluding carboxylic acids is 1. The average molecular weight is 388 g/mol. The van der Waals surface area contributed by atoms with Crippen molar-refractivity contribution in [3.8, 4) is 5.75 Å². The molecule has 2 heterocycles. The first-order chi connectivity index (χ1) is 12.8. The lowest BCUT2D eigenvalue weighted by Gasteiger charge is -2.30.